The topological polar surface area (TPSA) is 66.4 Å². The number of amides is 1. The lowest BCUT2D eigenvalue weighted by atomic mass is 10.0. The first-order valence-corrected chi connectivity index (χ1v) is 6.98. The highest BCUT2D eigenvalue weighted by Gasteiger charge is 2.65. The van der Waals surface area contributed by atoms with Crippen molar-refractivity contribution >= 4 is 18.0 Å². The van der Waals surface area contributed by atoms with Gasteiger partial charge in [0.05, 0.1) is 0 Å². The van der Waals surface area contributed by atoms with Gasteiger partial charge in [-0.05, 0) is 34.6 Å². The molecule has 0 aliphatic heterocycles. The largest absolute Gasteiger partial charge is 0.478 e. The molecule has 1 saturated carbocycles. The Labute approximate surface area is 124 Å². The fraction of sp³-hybridized carbons (Fsp3) is 0.412. The number of hydrogen-bond donors (Lipinski definition) is 2. The quantitative estimate of drug-likeness (QED) is 0.837. The molecule has 0 aromatic heterocycles. The predicted octanol–water partition coefficient (Wildman–Crippen LogP) is 2.95. The van der Waals surface area contributed by atoms with Gasteiger partial charge in [0, 0.05) is 17.7 Å². The molecule has 0 spiro atoms. The van der Waals surface area contributed by atoms with Crippen molar-refractivity contribution in [2.24, 2.45) is 10.8 Å². The van der Waals surface area contributed by atoms with Crippen LogP contribution < -0.4 is 5.32 Å². The van der Waals surface area contributed by atoms with Gasteiger partial charge in [0.2, 0.25) is 0 Å². The summed E-state index contributed by atoms with van der Waals surface area (Å²) in [6, 6.07) is 7.05. The first-order valence-electron chi connectivity index (χ1n) is 6.98. The van der Waals surface area contributed by atoms with Crippen LogP contribution in [0.1, 0.15) is 43.6 Å². The predicted molar refractivity (Wildman–Crippen MR) is 81.9 cm³/mol. The van der Waals surface area contributed by atoms with Crippen LogP contribution in [0.15, 0.2) is 30.3 Å². The van der Waals surface area contributed by atoms with Crippen molar-refractivity contribution in [2.45, 2.75) is 33.7 Å². The first kappa shape index (κ1) is 15.3. The van der Waals surface area contributed by atoms with Crippen molar-refractivity contribution in [1.82, 2.24) is 5.32 Å². The van der Waals surface area contributed by atoms with Gasteiger partial charge in [0.1, 0.15) is 0 Å². The Morgan fingerprint density at radius 1 is 1.10 bits per heavy atom. The van der Waals surface area contributed by atoms with E-state index in [1.807, 2.05) is 0 Å². The number of carbonyl (C=O) groups excluding carboxylic acids is 1. The summed E-state index contributed by atoms with van der Waals surface area (Å²) in [5.41, 5.74) is 1.54. The maximum absolute atomic E-state index is 12.2. The average Bonchev–Trinajstić information content (AvgIpc) is 2.79. The minimum atomic E-state index is -0.991. The lowest BCUT2D eigenvalue weighted by Gasteiger charge is -2.07. The summed E-state index contributed by atoms with van der Waals surface area (Å²) in [7, 11) is 0. The van der Waals surface area contributed by atoms with Crippen molar-refractivity contribution < 1.29 is 14.7 Å². The zero-order chi connectivity index (χ0) is 15.8. The van der Waals surface area contributed by atoms with Crippen molar-refractivity contribution in [2.75, 3.05) is 0 Å². The van der Waals surface area contributed by atoms with Crippen LogP contribution in [0.2, 0.25) is 0 Å². The van der Waals surface area contributed by atoms with Crippen LogP contribution in [-0.4, -0.2) is 23.0 Å². The zero-order valence-corrected chi connectivity index (χ0v) is 12.8. The third-order valence-corrected chi connectivity index (χ3v) is 4.89. The van der Waals surface area contributed by atoms with Crippen LogP contribution in [0.25, 0.3) is 6.08 Å². The normalized spacial score (nSPS) is 19.4. The molecule has 4 nitrogen and oxygen atoms in total. The molecule has 0 atom stereocenters. The molecule has 1 fully saturated rings. The number of carboxylic acid groups (broad SMARTS) is 1. The van der Waals surface area contributed by atoms with Crippen molar-refractivity contribution in [1.29, 1.82) is 0 Å². The molecule has 2 N–H and O–H groups in total. The summed E-state index contributed by atoms with van der Waals surface area (Å²) in [5.74, 6) is -1.08. The molecule has 0 unspecified atom stereocenters. The first-order chi connectivity index (χ1) is 9.66. The minimum Gasteiger partial charge on any atom is -0.478 e. The van der Waals surface area contributed by atoms with Crippen molar-refractivity contribution in [3.05, 3.63) is 41.5 Å². The highest BCUT2D eigenvalue weighted by atomic mass is 16.4. The number of nitrogens with one attached hydrogen (secondary N) is 1. The molecule has 1 amide bonds. The molecule has 0 saturated heterocycles. The van der Waals surface area contributed by atoms with E-state index >= 15 is 0 Å². The Hall–Kier alpha value is -2.10. The van der Waals surface area contributed by atoms with Gasteiger partial charge in [0.15, 0.2) is 0 Å². The second-order valence-electron chi connectivity index (χ2n) is 6.64. The molecule has 0 bridgehead atoms. The Balaban J connectivity index is 2.03. The molecule has 2 rings (SSSR count). The van der Waals surface area contributed by atoms with Gasteiger partial charge < -0.3 is 10.4 Å². The number of rotatable bonds is 4. The molecule has 0 radical (unpaired) electrons. The van der Waals surface area contributed by atoms with E-state index in [1.54, 1.807) is 24.3 Å². The smallest absolute Gasteiger partial charge is 0.328 e. The fourth-order valence-electron chi connectivity index (χ4n) is 2.68. The fourth-order valence-corrected chi connectivity index (χ4v) is 2.68. The summed E-state index contributed by atoms with van der Waals surface area (Å²) >= 11 is 0. The van der Waals surface area contributed by atoms with E-state index in [0.717, 1.165) is 11.6 Å². The van der Waals surface area contributed by atoms with Gasteiger partial charge >= 0.3 is 5.97 Å². The van der Waals surface area contributed by atoms with Gasteiger partial charge in [-0.1, -0.05) is 39.8 Å². The van der Waals surface area contributed by atoms with E-state index in [4.69, 9.17) is 5.11 Å². The van der Waals surface area contributed by atoms with Gasteiger partial charge in [-0.15, -0.1) is 0 Å². The Morgan fingerprint density at radius 3 is 2.05 bits per heavy atom. The second kappa shape index (κ2) is 5.02. The number of benzene rings is 1. The molecular formula is C17H21NO3. The highest BCUT2D eigenvalue weighted by molar-refractivity contribution is 5.95. The van der Waals surface area contributed by atoms with Gasteiger partial charge in [-0.25, -0.2) is 4.79 Å². The maximum atomic E-state index is 12.2. The Morgan fingerprint density at radius 2 is 1.62 bits per heavy atom. The summed E-state index contributed by atoms with van der Waals surface area (Å²) in [6.07, 6.45) is 2.57. The van der Waals surface area contributed by atoms with E-state index in [2.05, 4.69) is 33.0 Å². The molecule has 1 aliphatic carbocycles. The van der Waals surface area contributed by atoms with E-state index < -0.39 is 5.97 Å². The molecule has 4 heteroatoms. The number of hydrogen-bond acceptors (Lipinski definition) is 2. The highest BCUT2D eigenvalue weighted by Crippen LogP contribution is 2.62. The molecule has 21 heavy (non-hydrogen) atoms. The van der Waals surface area contributed by atoms with Gasteiger partial charge in [-0.3, -0.25) is 4.79 Å². The summed E-state index contributed by atoms with van der Waals surface area (Å²) < 4.78 is 0. The molecule has 1 aliphatic rings. The molecular weight excluding hydrogens is 266 g/mol. The number of aliphatic carboxylic acids is 1. The van der Waals surface area contributed by atoms with Crippen molar-refractivity contribution in [3.63, 3.8) is 0 Å². The second-order valence-corrected chi connectivity index (χ2v) is 6.64. The molecule has 0 heterocycles. The Bertz CT molecular complexity index is 583. The van der Waals surface area contributed by atoms with Gasteiger partial charge in [0.25, 0.3) is 5.91 Å². The van der Waals surface area contributed by atoms with Gasteiger partial charge in [-0.2, -0.15) is 0 Å². The summed E-state index contributed by atoms with van der Waals surface area (Å²) in [6.45, 7) is 8.60. The van der Waals surface area contributed by atoms with Crippen LogP contribution in [0.3, 0.4) is 0 Å². The Kier molecular flexibility index (Phi) is 3.66. The maximum Gasteiger partial charge on any atom is 0.328 e. The lowest BCUT2D eigenvalue weighted by Crippen LogP contribution is -2.29. The van der Waals surface area contributed by atoms with Crippen LogP contribution >= 0.6 is 0 Å². The lowest BCUT2D eigenvalue weighted by molar-refractivity contribution is -0.131. The standard InChI is InChI=1S/C17H21NO3/c1-16(2)15(17(16,3)4)18-14(21)12-8-5-11(6-9-12)7-10-13(19)20/h5-10,15H,1-4H3,(H,18,21)(H,19,20). The van der Waals surface area contributed by atoms with Crippen LogP contribution in [0.4, 0.5) is 0 Å². The van der Waals surface area contributed by atoms with Crippen LogP contribution in [0.5, 0.6) is 0 Å². The summed E-state index contributed by atoms with van der Waals surface area (Å²) in [5, 5.41) is 11.6. The number of carbonyl (C=O) groups is 2. The molecule has 1 aromatic rings. The SMILES string of the molecule is CC1(C)C(NC(=O)c2ccc(C=CC(=O)O)cc2)C1(C)C. The third-order valence-electron chi connectivity index (χ3n) is 4.89. The zero-order valence-electron chi connectivity index (χ0n) is 12.8. The van der Waals surface area contributed by atoms with Crippen LogP contribution in [-0.2, 0) is 4.79 Å². The number of carboxylic acids is 1. The molecule has 112 valence electrons. The monoisotopic (exact) mass is 287 g/mol. The third kappa shape index (κ3) is 2.84. The van der Waals surface area contributed by atoms with E-state index in [0.29, 0.717) is 5.56 Å². The average molecular weight is 287 g/mol. The van der Waals surface area contributed by atoms with E-state index in [1.165, 1.54) is 6.08 Å². The summed E-state index contributed by atoms with van der Waals surface area (Å²) in [4.78, 5) is 22.7. The van der Waals surface area contributed by atoms with Crippen LogP contribution in [0, 0.1) is 10.8 Å². The van der Waals surface area contributed by atoms with E-state index in [9.17, 15) is 9.59 Å². The van der Waals surface area contributed by atoms with Crippen molar-refractivity contribution in [3.8, 4) is 0 Å². The minimum absolute atomic E-state index is 0.0904. The molecule has 1 aromatic carbocycles. The van der Waals surface area contributed by atoms with E-state index in [-0.39, 0.29) is 22.8 Å².